The summed E-state index contributed by atoms with van der Waals surface area (Å²) in [6, 6.07) is 7.18. The number of imidazole rings is 1. The van der Waals surface area contributed by atoms with E-state index in [1.54, 1.807) is 18.2 Å². The van der Waals surface area contributed by atoms with Crippen LogP contribution in [0.4, 0.5) is 23.7 Å². The van der Waals surface area contributed by atoms with Crippen LogP contribution in [0.25, 0.3) is 11.2 Å². The maximum Gasteiger partial charge on any atom is 0.449 e. The van der Waals surface area contributed by atoms with Crippen LogP contribution in [-0.4, -0.2) is 41.3 Å². The Balaban J connectivity index is 1.68. The molecular weight excluding hydrogens is 391 g/mol. The van der Waals surface area contributed by atoms with Crippen LogP contribution in [0.1, 0.15) is 5.82 Å². The minimum atomic E-state index is -4.64. The predicted octanol–water partition coefficient (Wildman–Crippen LogP) is 3.29. The molecule has 0 aliphatic carbocycles. The molecule has 3 aromatic rings. The number of carbonyl (C=O) groups is 1. The first-order valence-corrected chi connectivity index (χ1v) is 8.49. The second kappa shape index (κ2) is 8.25. The van der Waals surface area contributed by atoms with Crippen LogP contribution in [0.15, 0.2) is 36.5 Å². The monoisotopic (exact) mass is 409 g/mol. The molecule has 0 bridgehead atoms. The van der Waals surface area contributed by atoms with Gasteiger partial charge in [0.2, 0.25) is 5.82 Å². The lowest BCUT2D eigenvalue weighted by Gasteiger charge is -2.14. The summed E-state index contributed by atoms with van der Waals surface area (Å²) in [6.07, 6.45) is -3.25. The topological polar surface area (TPSA) is 90.3 Å². The first-order valence-electron chi connectivity index (χ1n) is 8.49. The fourth-order valence-electron chi connectivity index (χ4n) is 2.74. The number of hydrogen-bond donors (Lipinski definition) is 2. The number of fused-ring (bicyclic) bond motifs is 1. The van der Waals surface area contributed by atoms with Crippen molar-refractivity contribution < 1.29 is 27.4 Å². The molecule has 29 heavy (non-hydrogen) atoms. The van der Waals surface area contributed by atoms with E-state index in [9.17, 15) is 18.0 Å². The van der Waals surface area contributed by atoms with E-state index in [4.69, 9.17) is 9.47 Å². The van der Waals surface area contributed by atoms with Crippen LogP contribution in [0, 0.1) is 0 Å². The Bertz CT molecular complexity index is 1020. The van der Waals surface area contributed by atoms with Crippen molar-refractivity contribution >= 4 is 22.9 Å². The number of aromatic nitrogens is 3. The fourth-order valence-corrected chi connectivity index (χ4v) is 2.74. The summed E-state index contributed by atoms with van der Waals surface area (Å²) in [4.78, 5) is 19.7. The van der Waals surface area contributed by atoms with E-state index in [0.717, 1.165) is 4.57 Å². The lowest BCUT2D eigenvalue weighted by molar-refractivity contribution is -0.146. The number of halogens is 3. The summed E-state index contributed by atoms with van der Waals surface area (Å²) in [6.45, 7) is -0.231. The first kappa shape index (κ1) is 20.2. The van der Waals surface area contributed by atoms with E-state index in [0.29, 0.717) is 17.2 Å². The Morgan fingerprint density at radius 3 is 2.69 bits per heavy atom. The molecule has 154 valence electrons. The molecule has 0 unspecified atom stereocenters. The Labute approximate surface area is 163 Å². The Kier molecular flexibility index (Phi) is 5.76. The minimum Gasteiger partial charge on any atom is -0.497 e. The number of pyridine rings is 1. The molecule has 8 nitrogen and oxygen atoms in total. The molecule has 0 fully saturated rings. The standard InChI is InChI=1S/C18H18F3N5O3/c1-28-11-5-6-12(14(10-11)29-2)25-17(27)23-8-9-26-15-13(4-3-7-22-15)24-16(26)18(19,20)21/h3-7,10H,8-9H2,1-2H3,(H2,23,25,27). The maximum atomic E-state index is 13.3. The van der Waals surface area contributed by atoms with E-state index in [-0.39, 0.29) is 24.3 Å². The number of ether oxygens (including phenoxy) is 2. The Morgan fingerprint density at radius 2 is 2.00 bits per heavy atom. The summed E-state index contributed by atoms with van der Waals surface area (Å²) in [5.41, 5.74) is 0.614. The highest BCUT2D eigenvalue weighted by Gasteiger charge is 2.37. The van der Waals surface area contributed by atoms with Gasteiger partial charge in [-0.25, -0.2) is 14.8 Å². The molecule has 0 aliphatic rings. The summed E-state index contributed by atoms with van der Waals surface area (Å²) in [7, 11) is 2.94. The number of urea groups is 1. The Morgan fingerprint density at radius 1 is 1.21 bits per heavy atom. The number of carbonyl (C=O) groups excluding carboxylic acids is 1. The number of rotatable bonds is 6. The van der Waals surface area contributed by atoms with E-state index in [1.807, 2.05) is 0 Å². The van der Waals surface area contributed by atoms with Crippen LogP contribution < -0.4 is 20.1 Å². The molecule has 0 aliphatic heterocycles. The zero-order valence-electron chi connectivity index (χ0n) is 15.6. The highest BCUT2D eigenvalue weighted by Crippen LogP contribution is 2.31. The van der Waals surface area contributed by atoms with Gasteiger partial charge in [-0.1, -0.05) is 0 Å². The third-order valence-electron chi connectivity index (χ3n) is 4.04. The largest absolute Gasteiger partial charge is 0.497 e. The van der Waals surface area contributed by atoms with Gasteiger partial charge >= 0.3 is 12.2 Å². The van der Waals surface area contributed by atoms with E-state index in [2.05, 4.69) is 20.6 Å². The minimum absolute atomic E-state index is 0.0740. The quantitative estimate of drug-likeness (QED) is 0.652. The molecule has 2 amide bonds. The summed E-state index contributed by atoms with van der Waals surface area (Å²) < 4.78 is 51.0. The molecule has 3 rings (SSSR count). The van der Waals surface area contributed by atoms with Gasteiger partial charge in [0.25, 0.3) is 0 Å². The summed E-state index contributed by atoms with van der Waals surface area (Å²) >= 11 is 0. The van der Waals surface area contributed by atoms with Crippen LogP contribution in [0.5, 0.6) is 11.5 Å². The molecule has 0 saturated heterocycles. The summed E-state index contributed by atoms with van der Waals surface area (Å²) in [5, 5.41) is 5.09. The number of alkyl halides is 3. The zero-order valence-corrected chi connectivity index (χ0v) is 15.6. The molecule has 0 atom stereocenters. The number of nitrogens with one attached hydrogen (secondary N) is 2. The van der Waals surface area contributed by atoms with Crippen LogP contribution in [0.3, 0.4) is 0 Å². The van der Waals surface area contributed by atoms with Gasteiger partial charge in [0, 0.05) is 25.4 Å². The van der Waals surface area contributed by atoms with Crippen molar-refractivity contribution in [2.45, 2.75) is 12.7 Å². The highest BCUT2D eigenvalue weighted by molar-refractivity contribution is 5.91. The molecule has 0 saturated carbocycles. The third kappa shape index (κ3) is 4.50. The van der Waals surface area contributed by atoms with Crippen molar-refractivity contribution in [2.75, 3.05) is 26.1 Å². The Hall–Kier alpha value is -3.50. The molecular formula is C18H18F3N5O3. The number of hydrogen-bond acceptors (Lipinski definition) is 5. The van der Waals surface area contributed by atoms with Gasteiger partial charge in [0.1, 0.15) is 17.0 Å². The van der Waals surface area contributed by atoms with Crippen molar-refractivity contribution in [3.63, 3.8) is 0 Å². The van der Waals surface area contributed by atoms with Gasteiger partial charge in [-0.3, -0.25) is 0 Å². The fraction of sp³-hybridized carbons (Fsp3) is 0.278. The van der Waals surface area contributed by atoms with Crippen molar-refractivity contribution in [2.24, 2.45) is 0 Å². The van der Waals surface area contributed by atoms with Gasteiger partial charge in [-0.2, -0.15) is 13.2 Å². The maximum absolute atomic E-state index is 13.3. The normalized spacial score (nSPS) is 11.3. The molecule has 2 aromatic heterocycles. The van der Waals surface area contributed by atoms with Crippen LogP contribution in [-0.2, 0) is 12.7 Å². The average Bonchev–Trinajstić information content (AvgIpc) is 3.07. The van der Waals surface area contributed by atoms with Crippen LogP contribution >= 0.6 is 0 Å². The number of benzene rings is 1. The zero-order chi connectivity index (χ0) is 21.0. The molecule has 2 heterocycles. The van der Waals surface area contributed by atoms with Gasteiger partial charge in [0.05, 0.1) is 19.9 Å². The van der Waals surface area contributed by atoms with Gasteiger partial charge in [-0.15, -0.1) is 0 Å². The summed E-state index contributed by atoms with van der Waals surface area (Å²) in [5.74, 6) is -0.138. The van der Waals surface area contributed by atoms with Crippen molar-refractivity contribution in [1.29, 1.82) is 0 Å². The van der Waals surface area contributed by atoms with E-state index < -0.39 is 18.0 Å². The van der Waals surface area contributed by atoms with E-state index >= 15 is 0 Å². The van der Waals surface area contributed by atoms with Gasteiger partial charge in [0.15, 0.2) is 5.65 Å². The second-order valence-corrected chi connectivity index (χ2v) is 5.88. The SMILES string of the molecule is COc1ccc(NC(=O)NCCn2c(C(F)(F)F)nc3cccnc32)c(OC)c1. The predicted molar refractivity (Wildman–Crippen MR) is 99.1 cm³/mol. The van der Waals surface area contributed by atoms with Crippen molar-refractivity contribution in [3.05, 3.63) is 42.4 Å². The van der Waals surface area contributed by atoms with E-state index in [1.165, 1.54) is 32.5 Å². The van der Waals surface area contributed by atoms with Crippen molar-refractivity contribution in [1.82, 2.24) is 19.9 Å². The molecule has 1 aromatic carbocycles. The molecule has 0 radical (unpaired) electrons. The molecule has 2 N–H and O–H groups in total. The van der Waals surface area contributed by atoms with Crippen LogP contribution in [0.2, 0.25) is 0 Å². The number of methoxy groups -OCH3 is 2. The highest BCUT2D eigenvalue weighted by atomic mass is 19.4. The average molecular weight is 409 g/mol. The lowest BCUT2D eigenvalue weighted by Crippen LogP contribution is -2.32. The molecule has 0 spiro atoms. The molecule has 11 heteroatoms. The lowest BCUT2D eigenvalue weighted by atomic mass is 10.2. The number of amides is 2. The number of anilines is 1. The third-order valence-corrected chi connectivity index (χ3v) is 4.04. The number of nitrogens with zero attached hydrogens (tertiary/aromatic N) is 3. The first-order chi connectivity index (χ1) is 13.8. The van der Waals surface area contributed by atoms with Crippen molar-refractivity contribution in [3.8, 4) is 11.5 Å². The van der Waals surface area contributed by atoms with Gasteiger partial charge in [-0.05, 0) is 24.3 Å². The smallest absolute Gasteiger partial charge is 0.449 e. The van der Waals surface area contributed by atoms with Gasteiger partial charge < -0.3 is 24.7 Å². The second-order valence-electron chi connectivity index (χ2n) is 5.88.